The first-order valence-electron chi connectivity index (χ1n) is 8.34. The zero-order chi connectivity index (χ0) is 18.7. The zero-order valence-electron chi connectivity index (χ0n) is 13.9. The molecule has 1 unspecified atom stereocenters. The van der Waals surface area contributed by atoms with Gasteiger partial charge in [0.1, 0.15) is 11.1 Å². The van der Waals surface area contributed by atoms with Crippen molar-refractivity contribution in [2.45, 2.75) is 31.3 Å². The van der Waals surface area contributed by atoms with E-state index in [1.165, 1.54) is 4.90 Å². The standard InChI is InChI=1S/C17H19F2N3O3S/c18-15(19)16(26)21-8-13-9-22(17(24)25-13)12-4-1-10(2-5-12)11-3-6-14(23)20-7-11/h1-2,4-5,11,13,15H,3,6-9H2,(H,20,23)(H,21,26)/t11?,13-/m0/s1. The molecule has 0 spiro atoms. The molecule has 0 bridgehead atoms. The lowest BCUT2D eigenvalue weighted by molar-refractivity contribution is -0.122. The van der Waals surface area contributed by atoms with Crippen LogP contribution in [0.2, 0.25) is 0 Å². The highest BCUT2D eigenvalue weighted by molar-refractivity contribution is 7.80. The number of hydrogen-bond donors (Lipinski definition) is 2. The summed E-state index contributed by atoms with van der Waals surface area (Å²) in [5, 5.41) is 5.27. The molecule has 0 saturated carbocycles. The number of cyclic esters (lactones) is 1. The number of piperidine rings is 1. The molecule has 1 aromatic carbocycles. The molecule has 2 atom stereocenters. The quantitative estimate of drug-likeness (QED) is 0.763. The van der Waals surface area contributed by atoms with Crippen molar-refractivity contribution in [3.05, 3.63) is 29.8 Å². The molecule has 0 radical (unpaired) electrons. The van der Waals surface area contributed by atoms with Gasteiger partial charge in [0.15, 0.2) is 0 Å². The van der Waals surface area contributed by atoms with Crippen LogP contribution < -0.4 is 15.5 Å². The van der Waals surface area contributed by atoms with E-state index in [4.69, 9.17) is 4.74 Å². The second kappa shape index (κ2) is 7.94. The Morgan fingerprint density at radius 1 is 1.35 bits per heavy atom. The van der Waals surface area contributed by atoms with Crippen LogP contribution in [-0.2, 0) is 9.53 Å². The van der Waals surface area contributed by atoms with E-state index in [9.17, 15) is 18.4 Å². The normalized spacial score (nSPS) is 23.0. The summed E-state index contributed by atoms with van der Waals surface area (Å²) in [6.45, 7) is 0.920. The molecule has 26 heavy (non-hydrogen) atoms. The molecular formula is C17H19F2N3O3S. The summed E-state index contributed by atoms with van der Waals surface area (Å²) in [7, 11) is 0. The number of carbonyl (C=O) groups is 2. The molecule has 2 heterocycles. The smallest absolute Gasteiger partial charge is 0.414 e. The van der Waals surface area contributed by atoms with E-state index in [0.717, 1.165) is 12.0 Å². The summed E-state index contributed by atoms with van der Waals surface area (Å²) in [5.74, 6) is 0.336. The van der Waals surface area contributed by atoms with Gasteiger partial charge in [0, 0.05) is 24.6 Å². The lowest BCUT2D eigenvalue weighted by Gasteiger charge is -2.23. The molecule has 2 aliphatic rings. The maximum atomic E-state index is 12.4. The highest BCUT2D eigenvalue weighted by Gasteiger charge is 2.32. The van der Waals surface area contributed by atoms with Gasteiger partial charge < -0.3 is 15.4 Å². The Hall–Kier alpha value is -2.29. The number of alkyl halides is 2. The van der Waals surface area contributed by atoms with Crippen LogP contribution >= 0.6 is 12.2 Å². The zero-order valence-corrected chi connectivity index (χ0v) is 14.7. The number of thiocarbonyl (C=S) groups is 1. The number of rotatable bonds is 5. The molecule has 2 saturated heterocycles. The van der Waals surface area contributed by atoms with Crippen LogP contribution in [0.5, 0.6) is 0 Å². The molecule has 2 N–H and O–H groups in total. The van der Waals surface area contributed by atoms with Crippen molar-refractivity contribution in [1.82, 2.24) is 10.6 Å². The molecule has 0 aromatic heterocycles. The van der Waals surface area contributed by atoms with Crippen molar-refractivity contribution in [2.24, 2.45) is 0 Å². The van der Waals surface area contributed by atoms with Gasteiger partial charge in [0.25, 0.3) is 6.43 Å². The average Bonchev–Trinajstić information content (AvgIpc) is 3.01. The second-order valence-corrected chi connectivity index (χ2v) is 6.73. The predicted octanol–water partition coefficient (Wildman–Crippen LogP) is 2.19. The molecule has 3 rings (SSSR count). The molecule has 2 aliphatic heterocycles. The van der Waals surface area contributed by atoms with Crippen molar-refractivity contribution in [3.63, 3.8) is 0 Å². The third-order valence-electron chi connectivity index (χ3n) is 4.52. The Labute approximate surface area is 154 Å². The molecule has 140 valence electrons. The lowest BCUT2D eigenvalue weighted by atomic mass is 9.91. The van der Waals surface area contributed by atoms with Gasteiger partial charge in [-0.1, -0.05) is 24.4 Å². The largest absolute Gasteiger partial charge is 0.442 e. The van der Waals surface area contributed by atoms with Crippen LogP contribution in [0, 0.1) is 0 Å². The Bertz CT molecular complexity index is 689. The van der Waals surface area contributed by atoms with E-state index in [1.807, 2.05) is 24.3 Å². The van der Waals surface area contributed by atoms with E-state index < -0.39 is 23.6 Å². The molecule has 2 amide bonds. The van der Waals surface area contributed by atoms with Gasteiger partial charge in [0.2, 0.25) is 5.91 Å². The first kappa shape index (κ1) is 18.5. The van der Waals surface area contributed by atoms with E-state index in [1.54, 1.807) is 0 Å². The van der Waals surface area contributed by atoms with E-state index >= 15 is 0 Å². The first-order chi connectivity index (χ1) is 12.4. The van der Waals surface area contributed by atoms with E-state index in [2.05, 4.69) is 22.9 Å². The van der Waals surface area contributed by atoms with Crippen molar-refractivity contribution in [1.29, 1.82) is 0 Å². The minimum Gasteiger partial charge on any atom is -0.442 e. The van der Waals surface area contributed by atoms with Crippen molar-refractivity contribution >= 4 is 34.9 Å². The molecular weight excluding hydrogens is 364 g/mol. The molecule has 1 aromatic rings. The number of halogens is 2. The van der Waals surface area contributed by atoms with Gasteiger partial charge >= 0.3 is 6.09 Å². The number of carbonyl (C=O) groups excluding carboxylic acids is 2. The average molecular weight is 383 g/mol. The first-order valence-corrected chi connectivity index (χ1v) is 8.75. The molecule has 9 heteroatoms. The lowest BCUT2D eigenvalue weighted by Crippen LogP contribution is -2.36. The fourth-order valence-electron chi connectivity index (χ4n) is 3.07. The van der Waals surface area contributed by atoms with Crippen LogP contribution in [0.4, 0.5) is 19.3 Å². The SMILES string of the molecule is O=C1CCC(c2ccc(N3C[C@H](CNC(=S)C(F)F)OC3=O)cc2)CN1. The number of ether oxygens (including phenoxy) is 1. The van der Waals surface area contributed by atoms with Gasteiger partial charge in [-0.05, 0) is 24.1 Å². The Morgan fingerprint density at radius 2 is 2.08 bits per heavy atom. The summed E-state index contributed by atoms with van der Waals surface area (Å²) >= 11 is 4.51. The van der Waals surface area contributed by atoms with E-state index in [-0.39, 0.29) is 24.9 Å². The summed E-state index contributed by atoms with van der Waals surface area (Å²) in [6.07, 6.45) is -2.48. The molecule has 2 fully saturated rings. The summed E-state index contributed by atoms with van der Waals surface area (Å²) in [5.41, 5.74) is 1.78. The monoisotopic (exact) mass is 383 g/mol. The summed E-state index contributed by atoms with van der Waals surface area (Å²) in [6, 6.07) is 7.52. The number of nitrogens with zero attached hydrogens (tertiary/aromatic N) is 1. The fraction of sp³-hybridized carbons (Fsp3) is 0.471. The number of anilines is 1. The predicted molar refractivity (Wildman–Crippen MR) is 95.6 cm³/mol. The number of nitrogens with one attached hydrogen (secondary N) is 2. The van der Waals surface area contributed by atoms with Gasteiger partial charge in [-0.15, -0.1) is 0 Å². The Kier molecular flexibility index (Phi) is 5.65. The van der Waals surface area contributed by atoms with Crippen LogP contribution in [0.15, 0.2) is 24.3 Å². The van der Waals surface area contributed by atoms with Crippen molar-refractivity contribution in [2.75, 3.05) is 24.5 Å². The van der Waals surface area contributed by atoms with Gasteiger partial charge in [-0.3, -0.25) is 9.69 Å². The minimum atomic E-state index is -2.73. The maximum Gasteiger partial charge on any atom is 0.414 e. The highest BCUT2D eigenvalue weighted by Crippen LogP contribution is 2.27. The summed E-state index contributed by atoms with van der Waals surface area (Å²) < 4.78 is 30.0. The van der Waals surface area contributed by atoms with Crippen LogP contribution in [0.25, 0.3) is 0 Å². The minimum absolute atomic E-state index is 0.0469. The second-order valence-electron chi connectivity index (χ2n) is 6.29. The van der Waals surface area contributed by atoms with Crippen LogP contribution in [0.1, 0.15) is 24.3 Å². The molecule has 6 nitrogen and oxygen atoms in total. The summed E-state index contributed by atoms with van der Waals surface area (Å²) in [4.78, 5) is 24.2. The van der Waals surface area contributed by atoms with Gasteiger partial charge in [-0.25, -0.2) is 13.6 Å². The maximum absolute atomic E-state index is 12.4. The number of hydrogen-bond acceptors (Lipinski definition) is 4. The fourth-order valence-corrected chi connectivity index (χ4v) is 3.16. The number of benzene rings is 1. The Balaban J connectivity index is 1.58. The number of amides is 2. The van der Waals surface area contributed by atoms with E-state index in [0.29, 0.717) is 18.7 Å². The van der Waals surface area contributed by atoms with Crippen LogP contribution in [-0.4, -0.2) is 49.2 Å². The third kappa shape index (κ3) is 4.27. The highest BCUT2D eigenvalue weighted by atomic mass is 32.1. The van der Waals surface area contributed by atoms with Crippen molar-refractivity contribution < 1.29 is 23.1 Å². The third-order valence-corrected chi connectivity index (χ3v) is 4.84. The Morgan fingerprint density at radius 3 is 2.69 bits per heavy atom. The van der Waals surface area contributed by atoms with Crippen molar-refractivity contribution in [3.8, 4) is 0 Å². The van der Waals surface area contributed by atoms with Crippen LogP contribution in [0.3, 0.4) is 0 Å². The van der Waals surface area contributed by atoms with Gasteiger partial charge in [0.05, 0.1) is 13.1 Å². The molecule has 0 aliphatic carbocycles. The van der Waals surface area contributed by atoms with Gasteiger partial charge in [-0.2, -0.15) is 0 Å². The topological polar surface area (TPSA) is 70.7 Å².